The molecule has 2 N–H and O–H groups in total. The van der Waals surface area contributed by atoms with Crippen LogP contribution in [0.4, 0.5) is 10.1 Å². The van der Waals surface area contributed by atoms with Crippen LogP contribution in [0, 0.1) is 24.6 Å². The first-order chi connectivity index (χ1) is 9.97. The number of benzene rings is 1. The van der Waals surface area contributed by atoms with E-state index in [-0.39, 0.29) is 6.10 Å². The minimum Gasteiger partial charge on any atom is -0.481 e. The van der Waals surface area contributed by atoms with Gasteiger partial charge in [-0.05, 0) is 37.5 Å². The van der Waals surface area contributed by atoms with Gasteiger partial charge in [0.1, 0.15) is 5.82 Å². The van der Waals surface area contributed by atoms with Gasteiger partial charge in [0.15, 0.2) is 0 Å². The summed E-state index contributed by atoms with van der Waals surface area (Å²) in [5.74, 6) is -3.42. The quantitative estimate of drug-likeness (QED) is 0.893. The first kappa shape index (κ1) is 14.0. The Kier molecular flexibility index (Phi) is 3.41. The van der Waals surface area contributed by atoms with Crippen LogP contribution in [0.1, 0.15) is 18.4 Å². The average Bonchev–Trinajstić information content (AvgIpc) is 3.03. The average molecular weight is 293 g/mol. The Morgan fingerprint density at radius 3 is 2.62 bits per heavy atom. The Morgan fingerprint density at radius 1 is 1.29 bits per heavy atom. The topological polar surface area (TPSA) is 75.6 Å². The number of aryl methyl sites for hydroxylation is 1. The van der Waals surface area contributed by atoms with E-state index in [4.69, 9.17) is 4.74 Å². The van der Waals surface area contributed by atoms with Crippen molar-refractivity contribution in [1.82, 2.24) is 0 Å². The molecule has 0 saturated carbocycles. The van der Waals surface area contributed by atoms with Crippen LogP contribution in [0.5, 0.6) is 0 Å². The molecule has 2 heterocycles. The number of amides is 1. The standard InChI is InChI=1S/C15H16FNO4/c1-7-2-3-8(16)6-9(7)17-14(18)12-10-4-5-11(21-10)13(12)15(19)20/h2-3,6,10-13H,4-5H2,1H3,(H,17,18)(H,19,20)/t10-,11-,12-,13-/m0/s1. The maximum absolute atomic E-state index is 13.3. The van der Waals surface area contributed by atoms with Crippen LogP contribution >= 0.6 is 0 Å². The molecule has 1 aromatic rings. The number of carbonyl (C=O) groups excluding carboxylic acids is 1. The highest BCUT2D eigenvalue weighted by atomic mass is 19.1. The summed E-state index contributed by atoms with van der Waals surface area (Å²) >= 11 is 0. The molecular weight excluding hydrogens is 277 g/mol. The molecule has 0 aromatic heterocycles. The first-order valence-electron chi connectivity index (χ1n) is 6.92. The summed E-state index contributed by atoms with van der Waals surface area (Å²) in [5.41, 5.74) is 1.09. The van der Waals surface area contributed by atoms with E-state index in [2.05, 4.69) is 5.32 Å². The predicted molar refractivity (Wildman–Crippen MR) is 72.3 cm³/mol. The number of nitrogens with one attached hydrogen (secondary N) is 1. The van der Waals surface area contributed by atoms with Gasteiger partial charge in [-0.25, -0.2) is 4.39 Å². The normalized spacial score (nSPS) is 30.4. The second-order valence-electron chi connectivity index (χ2n) is 5.63. The summed E-state index contributed by atoms with van der Waals surface area (Å²) in [6, 6.07) is 4.11. The Hall–Kier alpha value is -1.95. The lowest BCUT2D eigenvalue weighted by molar-refractivity contribution is -0.147. The molecule has 0 radical (unpaired) electrons. The molecule has 0 spiro atoms. The van der Waals surface area contributed by atoms with Crippen LogP contribution in [0.15, 0.2) is 18.2 Å². The minimum atomic E-state index is -1.02. The minimum absolute atomic E-state index is 0.357. The van der Waals surface area contributed by atoms with Crippen molar-refractivity contribution in [2.45, 2.75) is 32.0 Å². The Bertz CT molecular complexity index is 603. The number of ether oxygens (including phenoxy) is 1. The number of carboxylic acids is 1. The van der Waals surface area contributed by atoms with Gasteiger partial charge in [0.2, 0.25) is 5.91 Å². The largest absolute Gasteiger partial charge is 0.481 e. The van der Waals surface area contributed by atoms with Gasteiger partial charge in [0.25, 0.3) is 0 Å². The second-order valence-corrected chi connectivity index (χ2v) is 5.63. The van der Waals surface area contributed by atoms with Crippen molar-refractivity contribution in [3.8, 4) is 0 Å². The fourth-order valence-corrected chi connectivity index (χ4v) is 3.27. The smallest absolute Gasteiger partial charge is 0.310 e. The third kappa shape index (κ3) is 2.40. The van der Waals surface area contributed by atoms with E-state index in [1.54, 1.807) is 13.0 Å². The van der Waals surface area contributed by atoms with Crippen molar-refractivity contribution in [3.63, 3.8) is 0 Å². The molecule has 0 unspecified atom stereocenters. The molecule has 21 heavy (non-hydrogen) atoms. The Labute approximate surface area is 121 Å². The lowest BCUT2D eigenvalue weighted by Gasteiger charge is -2.24. The molecule has 2 bridgehead atoms. The SMILES string of the molecule is Cc1ccc(F)cc1NC(=O)[C@@H]1[C@@H](C(=O)O)[C@@H]2CC[C@@H]1O2. The number of hydrogen-bond acceptors (Lipinski definition) is 3. The third-order valence-electron chi connectivity index (χ3n) is 4.32. The predicted octanol–water partition coefficient (Wildman–Crippen LogP) is 1.95. The molecule has 5 nitrogen and oxygen atoms in total. The number of aliphatic carboxylic acids is 1. The van der Waals surface area contributed by atoms with E-state index < -0.39 is 35.6 Å². The van der Waals surface area contributed by atoms with Crippen LogP contribution in [-0.4, -0.2) is 29.2 Å². The molecule has 3 rings (SSSR count). The molecule has 4 atom stereocenters. The van der Waals surface area contributed by atoms with Crippen LogP contribution in [0.3, 0.4) is 0 Å². The molecular formula is C15H16FNO4. The Morgan fingerprint density at radius 2 is 1.95 bits per heavy atom. The van der Waals surface area contributed by atoms with Crippen molar-refractivity contribution in [2.24, 2.45) is 11.8 Å². The zero-order valence-electron chi connectivity index (χ0n) is 11.5. The van der Waals surface area contributed by atoms with E-state index >= 15 is 0 Å². The Balaban J connectivity index is 1.81. The first-order valence-corrected chi connectivity index (χ1v) is 6.92. The van der Waals surface area contributed by atoms with Crippen LogP contribution in [0.2, 0.25) is 0 Å². The summed E-state index contributed by atoms with van der Waals surface area (Å²) in [6.45, 7) is 1.75. The van der Waals surface area contributed by atoms with Crippen LogP contribution < -0.4 is 5.32 Å². The zero-order valence-corrected chi connectivity index (χ0v) is 11.5. The van der Waals surface area contributed by atoms with Crippen LogP contribution in [-0.2, 0) is 14.3 Å². The van der Waals surface area contributed by atoms with Gasteiger partial charge in [-0.3, -0.25) is 9.59 Å². The molecule has 2 saturated heterocycles. The number of carboxylic acid groups (broad SMARTS) is 1. The number of rotatable bonds is 3. The van der Waals surface area contributed by atoms with Crippen LogP contribution in [0.25, 0.3) is 0 Å². The molecule has 1 amide bonds. The molecule has 112 valence electrons. The zero-order chi connectivity index (χ0) is 15.1. The van der Waals surface area contributed by atoms with Crippen molar-refractivity contribution >= 4 is 17.6 Å². The van der Waals surface area contributed by atoms with E-state index in [1.165, 1.54) is 12.1 Å². The van der Waals surface area contributed by atoms with Gasteiger partial charge in [0.05, 0.1) is 24.0 Å². The third-order valence-corrected chi connectivity index (χ3v) is 4.32. The van der Waals surface area contributed by atoms with Crippen molar-refractivity contribution in [1.29, 1.82) is 0 Å². The highest BCUT2D eigenvalue weighted by molar-refractivity contribution is 5.96. The molecule has 2 aliphatic rings. The van der Waals surface area contributed by atoms with Crippen molar-refractivity contribution in [2.75, 3.05) is 5.32 Å². The maximum Gasteiger partial charge on any atom is 0.310 e. The van der Waals surface area contributed by atoms with Gasteiger partial charge in [-0.15, -0.1) is 0 Å². The van der Waals surface area contributed by atoms with Gasteiger partial charge in [0, 0.05) is 5.69 Å². The lowest BCUT2D eigenvalue weighted by Crippen LogP contribution is -2.41. The lowest BCUT2D eigenvalue weighted by atomic mass is 9.78. The molecule has 2 fully saturated rings. The van der Waals surface area contributed by atoms with E-state index in [9.17, 15) is 19.1 Å². The molecule has 1 aromatic carbocycles. The van der Waals surface area contributed by atoms with E-state index in [0.717, 1.165) is 5.56 Å². The monoisotopic (exact) mass is 293 g/mol. The summed E-state index contributed by atoms with van der Waals surface area (Å²) < 4.78 is 18.8. The highest BCUT2D eigenvalue weighted by Gasteiger charge is 2.55. The van der Waals surface area contributed by atoms with E-state index in [0.29, 0.717) is 18.5 Å². The second kappa shape index (κ2) is 5.11. The fraction of sp³-hybridized carbons (Fsp3) is 0.467. The summed E-state index contributed by atoms with van der Waals surface area (Å²) in [5, 5.41) is 11.9. The van der Waals surface area contributed by atoms with Gasteiger partial charge in [-0.2, -0.15) is 0 Å². The molecule has 2 aliphatic heterocycles. The number of anilines is 1. The van der Waals surface area contributed by atoms with Gasteiger partial charge >= 0.3 is 5.97 Å². The number of carbonyl (C=O) groups is 2. The van der Waals surface area contributed by atoms with Gasteiger partial charge in [-0.1, -0.05) is 6.07 Å². The number of fused-ring (bicyclic) bond motifs is 2. The fourth-order valence-electron chi connectivity index (χ4n) is 3.27. The number of halogens is 1. The van der Waals surface area contributed by atoms with E-state index in [1.807, 2.05) is 0 Å². The maximum atomic E-state index is 13.3. The highest BCUT2D eigenvalue weighted by Crippen LogP contribution is 2.44. The van der Waals surface area contributed by atoms with Gasteiger partial charge < -0.3 is 15.2 Å². The van der Waals surface area contributed by atoms with Crippen molar-refractivity contribution in [3.05, 3.63) is 29.6 Å². The summed E-state index contributed by atoms with van der Waals surface area (Å²) in [6.07, 6.45) is 0.612. The summed E-state index contributed by atoms with van der Waals surface area (Å²) in [4.78, 5) is 23.8. The molecule has 6 heteroatoms. The van der Waals surface area contributed by atoms with Crippen molar-refractivity contribution < 1.29 is 23.8 Å². The number of hydrogen-bond donors (Lipinski definition) is 2. The molecule has 0 aliphatic carbocycles. The summed E-state index contributed by atoms with van der Waals surface area (Å²) in [7, 11) is 0.